The van der Waals surface area contributed by atoms with E-state index in [1.165, 1.54) is 0 Å². The molecule has 0 fully saturated rings. The van der Waals surface area contributed by atoms with E-state index in [1.807, 2.05) is 20.1 Å². The Bertz CT molecular complexity index is 271. The molecule has 1 N–H and O–H groups in total. The maximum Gasteiger partial charge on any atom is 0.250 e. The van der Waals surface area contributed by atoms with E-state index in [0.29, 0.717) is 0 Å². The van der Waals surface area contributed by atoms with Gasteiger partial charge in [0.25, 0.3) is 0 Å². The summed E-state index contributed by atoms with van der Waals surface area (Å²) in [4.78, 5) is 16.0. The van der Waals surface area contributed by atoms with Gasteiger partial charge in [0.2, 0.25) is 5.91 Å². The molecule has 1 aliphatic rings. The van der Waals surface area contributed by atoms with Crippen LogP contribution in [0.1, 0.15) is 27.7 Å². The summed E-state index contributed by atoms with van der Waals surface area (Å²) < 4.78 is -0.0979. The van der Waals surface area contributed by atoms with Crippen molar-refractivity contribution in [3.63, 3.8) is 0 Å². The Balaban J connectivity index is 2.85. The Morgan fingerprint density at radius 2 is 2.07 bits per heavy atom. The quantitative estimate of drug-likeness (QED) is 0.776. The monoisotopic (exact) mass is 214 g/mol. The molecule has 0 aromatic carbocycles. The van der Waals surface area contributed by atoms with Gasteiger partial charge in [-0.05, 0) is 26.0 Å². The van der Waals surface area contributed by atoms with Gasteiger partial charge in [0, 0.05) is 0 Å². The Labute approximate surface area is 89.7 Å². The van der Waals surface area contributed by atoms with Gasteiger partial charge in [0.15, 0.2) is 0 Å². The molecule has 0 bridgehead atoms. The smallest absolute Gasteiger partial charge is 0.250 e. The van der Waals surface area contributed by atoms with Gasteiger partial charge in [0.1, 0.15) is 11.9 Å². The third-order valence-electron chi connectivity index (χ3n) is 2.49. The number of nitrogens with one attached hydrogen (secondary N) is 1. The van der Waals surface area contributed by atoms with Crippen LogP contribution in [-0.2, 0) is 4.79 Å². The van der Waals surface area contributed by atoms with Crippen molar-refractivity contribution in [2.45, 2.75) is 38.5 Å². The minimum absolute atomic E-state index is 0.0390. The number of thioether (sulfide) groups is 1. The number of hydrogen-bond donors (Lipinski definition) is 1. The van der Waals surface area contributed by atoms with Crippen molar-refractivity contribution >= 4 is 23.5 Å². The molecule has 0 saturated heterocycles. The lowest BCUT2D eigenvalue weighted by molar-refractivity contribution is -0.120. The third kappa shape index (κ3) is 2.11. The van der Waals surface area contributed by atoms with Crippen LogP contribution >= 0.6 is 11.8 Å². The first-order valence-corrected chi connectivity index (χ1v) is 6.05. The summed E-state index contributed by atoms with van der Waals surface area (Å²) in [5.41, 5.74) is 0. The van der Waals surface area contributed by atoms with Crippen LogP contribution in [0, 0.1) is 5.92 Å². The average Bonchev–Trinajstić information content (AvgIpc) is 2.48. The maximum atomic E-state index is 11.6. The second-order valence-corrected chi connectivity index (χ2v) is 5.80. The molecular formula is C10H18N2OS. The first-order valence-electron chi connectivity index (χ1n) is 4.83. The molecule has 4 heteroatoms. The first kappa shape index (κ1) is 11.6. The number of aliphatic imine (C=N–C) groups is 1. The molecule has 1 atom stereocenters. The number of hydrogen-bond acceptors (Lipinski definition) is 3. The Morgan fingerprint density at radius 3 is 2.43 bits per heavy atom. The molecule has 0 spiro atoms. The molecule has 1 amide bonds. The van der Waals surface area contributed by atoms with Crippen molar-refractivity contribution in [3.8, 4) is 0 Å². The highest BCUT2D eigenvalue weighted by Gasteiger charge is 2.35. The minimum Gasteiger partial charge on any atom is -0.311 e. The highest BCUT2D eigenvalue weighted by molar-refractivity contribution is 8.00. The van der Waals surface area contributed by atoms with Gasteiger partial charge in [-0.25, -0.2) is 0 Å². The normalized spacial score (nSPS) is 22.6. The minimum atomic E-state index is -0.198. The summed E-state index contributed by atoms with van der Waals surface area (Å²) in [7, 11) is 0. The fraction of sp³-hybridized carbons (Fsp3) is 0.800. The Hall–Kier alpha value is -0.510. The highest BCUT2D eigenvalue weighted by Crippen LogP contribution is 2.26. The van der Waals surface area contributed by atoms with Crippen molar-refractivity contribution in [1.82, 2.24) is 5.32 Å². The molecule has 1 unspecified atom stereocenters. The fourth-order valence-electron chi connectivity index (χ4n) is 1.28. The molecule has 3 nitrogen and oxygen atoms in total. The van der Waals surface area contributed by atoms with E-state index in [1.54, 1.807) is 11.8 Å². The number of rotatable bonds is 3. The van der Waals surface area contributed by atoms with Gasteiger partial charge in [0.05, 0.1) is 4.75 Å². The average molecular weight is 214 g/mol. The predicted octanol–water partition coefficient (Wildman–Crippen LogP) is 1.68. The van der Waals surface area contributed by atoms with Crippen LogP contribution in [-0.4, -0.2) is 28.8 Å². The van der Waals surface area contributed by atoms with Crippen LogP contribution in [0.15, 0.2) is 4.99 Å². The Kier molecular flexibility index (Phi) is 3.24. The van der Waals surface area contributed by atoms with Crippen LogP contribution in [0.5, 0.6) is 0 Å². The van der Waals surface area contributed by atoms with Crippen molar-refractivity contribution in [2.75, 3.05) is 6.26 Å². The van der Waals surface area contributed by atoms with Gasteiger partial charge in [-0.3, -0.25) is 9.79 Å². The zero-order valence-corrected chi connectivity index (χ0v) is 10.2. The molecule has 0 aromatic rings. The lowest BCUT2D eigenvalue weighted by Gasteiger charge is -2.21. The molecule has 1 heterocycles. The summed E-state index contributed by atoms with van der Waals surface area (Å²) in [6.45, 7) is 8.17. The van der Waals surface area contributed by atoms with E-state index in [4.69, 9.17) is 0 Å². The van der Waals surface area contributed by atoms with E-state index in [2.05, 4.69) is 24.2 Å². The first-order chi connectivity index (χ1) is 6.38. The van der Waals surface area contributed by atoms with Gasteiger partial charge in [-0.15, -0.1) is 0 Å². The number of amidine groups is 1. The second-order valence-electron chi connectivity index (χ2n) is 4.37. The van der Waals surface area contributed by atoms with Crippen LogP contribution in [0.25, 0.3) is 0 Å². The van der Waals surface area contributed by atoms with Crippen LogP contribution < -0.4 is 5.32 Å². The molecule has 14 heavy (non-hydrogen) atoms. The summed E-state index contributed by atoms with van der Waals surface area (Å²) in [5, 5.41) is 2.87. The molecule has 0 radical (unpaired) electrons. The van der Waals surface area contributed by atoms with Gasteiger partial charge < -0.3 is 5.32 Å². The largest absolute Gasteiger partial charge is 0.311 e. The van der Waals surface area contributed by atoms with Gasteiger partial charge in [-0.2, -0.15) is 11.8 Å². The molecule has 1 rings (SSSR count). The van der Waals surface area contributed by atoms with Crippen LogP contribution in [0.2, 0.25) is 0 Å². The van der Waals surface area contributed by atoms with Crippen molar-refractivity contribution in [1.29, 1.82) is 0 Å². The lowest BCUT2D eigenvalue weighted by Crippen LogP contribution is -2.40. The molecule has 80 valence electrons. The predicted molar refractivity (Wildman–Crippen MR) is 61.8 cm³/mol. The summed E-state index contributed by atoms with van der Waals surface area (Å²) >= 11 is 1.69. The van der Waals surface area contributed by atoms with Gasteiger partial charge >= 0.3 is 0 Å². The highest BCUT2D eigenvalue weighted by atomic mass is 32.2. The zero-order chi connectivity index (χ0) is 10.9. The standard InChI is InChI=1S/C10H18N2OS/c1-6(2)7-8(13)12-9(11-7)10(3,4)14-5/h6-7H,1-5H3,(H,11,12,13). The SMILES string of the molecule is CSC(C)(C)C1=NC(C(C)C)C(=O)N1. The topological polar surface area (TPSA) is 41.5 Å². The van der Waals surface area contributed by atoms with Crippen LogP contribution in [0.3, 0.4) is 0 Å². The zero-order valence-electron chi connectivity index (χ0n) is 9.42. The Morgan fingerprint density at radius 1 is 1.50 bits per heavy atom. The molecule has 0 saturated carbocycles. The fourth-order valence-corrected chi connectivity index (χ4v) is 1.57. The van der Waals surface area contributed by atoms with E-state index < -0.39 is 0 Å². The summed E-state index contributed by atoms with van der Waals surface area (Å²) in [6.07, 6.45) is 2.03. The third-order valence-corrected chi connectivity index (χ3v) is 3.70. The van der Waals surface area contributed by atoms with Crippen molar-refractivity contribution in [2.24, 2.45) is 10.9 Å². The number of carbonyl (C=O) groups is 1. The van der Waals surface area contributed by atoms with Crippen molar-refractivity contribution in [3.05, 3.63) is 0 Å². The molecule has 1 aliphatic heterocycles. The summed E-state index contributed by atoms with van der Waals surface area (Å²) in [5.74, 6) is 1.12. The van der Waals surface area contributed by atoms with E-state index in [0.717, 1.165) is 5.84 Å². The lowest BCUT2D eigenvalue weighted by atomic mass is 10.1. The van der Waals surface area contributed by atoms with E-state index >= 15 is 0 Å². The van der Waals surface area contributed by atoms with E-state index in [9.17, 15) is 4.79 Å². The number of nitrogens with zero attached hydrogens (tertiary/aromatic N) is 1. The molecule has 0 aliphatic carbocycles. The van der Waals surface area contributed by atoms with E-state index in [-0.39, 0.29) is 22.6 Å². The number of carbonyl (C=O) groups excluding carboxylic acids is 1. The van der Waals surface area contributed by atoms with Gasteiger partial charge in [-0.1, -0.05) is 13.8 Å². The second kappa shape index (κ2) is 3.93. The maximum absolute atomic E-state index is 11.6. The van der Waals surface area contributed by atoms with Crippen molar-refractivity contribution < 1.29 is 4.79 Å². The van der Waals surface area contributed by atoms with Crippen LogP contribution in [0.4, 0.5) is 0 Å². The summed E-state index contributed by atoms with van der Waals surface area (Å²) in [6, 6.07) is -0.198. The molecule has 0 aromatic heterocycles. The number of amides is 1. The molecular weight excluding hydrogens is 196 g/mol.